The number of pyridine rings is 1. The van der Waals surface area contributed by atoms with Gasteiger partial charge in [-0.05, 0) is 12.1 Å². The summed E-state index contributed by atoms with van der Waals surface area (Å²) < 4.78 is 5.38. The number of carbonyl (C=O) groups excluding carboxylic acids is 1. The third-order valence-electron chi connectivity index (χ3n) is 2.75. The number of nitrogens with one attached hydrogen (secondary N) is 1. The van der Waals surface area contributed by atoms with E-state index in [9.17, 15) is 4.79 Å². The van der Waals surface area contributed by atoms with Crippen molar-refractivity contribution in [1.29, 1.82) is 0 Å². The first-order valence-electron chi connectivity index (χ1n) is 6.29. The largest absolute Gasteiger partial charge is 0.444 e. The Morgan fingerprint density at radius 2 is 2.24 bits per heavy atom. The topological polar surface area (TPSA) is 127 Å². The minimum Gasteiger partial charge on any atom is -0.444 e. The summed E-state index contributed by atoms with van der Waals surface area (Å²) in [6.45, 7) is 2.14. The molecule has 1 amide bonds. The highest BCUT2D eigenvalue weighted by atomic mass is 16.4. The lowest BCUT2D eigenvalue weighted by molar-refractivity contribution is 0.0942. The van der Waals surface area contributed by atoms with Gasteiger partial charge in [-0.25, -0.2) is 4.98 Å². The Bertz CT molecular complexity index is 648. The van der Waals surface area contributed by atoms with Gasteiger partial charge in [0.25, 0.3) is 5.91 Å². The van der Waals surface area contributed by atoms with Crippen LogP contribution in [0.15, 0.2) is 34.1 Å². The molecule has 4 N–H and O–H groups in total. The minimum absolute atomic E-state index is 0.0682. The van der Waals surface area contributed by atoms with Crippen LogP contribution in [0.5, 0.6) is 0 Å². The Morgan fingerprint density at radius 1 is 1.43 bits per heavy atom. The van der Waals surface area contributed by atoms with Crippen LogP contribution in [0.25, 0.3) is 0 Å². The highest BCUT2D eigenvalue weighted by molar-refractivity contribution is 5.98. The molecule has 0 atom stereocenters. The molecule has 2 aromatic rings. The van der Waals surface area contributed by atoms with Crippen molar-refractivity contribution in [2.75, 3.05) is 0 Å². The average Bonchev–Trinajstić information content (AvgIpc) is 3.00. The number of nitrogens with two attached hydrogens (primary N) is 1. The average molecular weight is 289 g/mol. The van der Waals surface area contributed by atoms with E-state index in [1.54, 1.807) is 6.20 Å². The number of oxazole rings is 1. The van der Waals surface area contributed by atoms with Crippen LogP contribution in [0, 0.1) is 0 Å². The first-order chi connectivity index (χ1) is 10.1. The number of oxime groups is 1. The van der Waals surface area contributed by atoms with Crippen LogP contribution in [0.3, 0.4) is 0 Å². The number of amidine groups is 1. The fourth-order valence-corrected chi connectivity index (χ4v) is 1.58. The Balaban J connectivity index is 1.97. The maximum Gasteiger partial charge on any atom is 0.270 e. The fraction of sp³-hybridized carbons (Fsp3) is 0.231. The number of hydrogen-bond donors (Lipinski definition) is 3. The van der Waals surface area contributed by atoms with Gasteiger partial charge in [0.05, 0.1) is 12.7 Å². The van der Waals surface area contributed by atoms with E-state index in [0.717, 1.165) is 12.2 Å². The number of aromatic nitrogens is 2. The van der Waals surface area contributed by atoms with E-state index in [1.165, 1.54) is 18.3 Å². The Labute approximate surface area is 120 Å². The molecule has 0 saturated heterocycles. The van der Waals surface area contributed by atoms with Crippen molar-refractivity contribution < 1.29 is 14.4 Å². The zero-order valence-corrected chi connectivity index (χ0v) is 11.4. The molecule has 2 heterocycles. The third kappa shape index (κ3) is 3.56. The quantitative estimate of drug-likeness (QED) is 0.321. The van der Waals surface area contributed by atoms with Crippen LogP contribution >= 0.6 is 0 Å². The molecule has 21 heavy (non-hydrogen) atoms. The molecule has 8 nitrogen and oxygen atoms in total. The van der Waals surface area contributed by atoms with E-state index in [2.05, 4.69) is 20.4 Å². The van der Waals surface area contributed by atoms with E-state index < -0.39 is 0 Å². The summed E-state index contributed by atoms with van der Waals surface area (Å²) in [5.74, 6) is 0.771. The predicted octanol–water partition coefficient (Wildman–Crippen LogP) is 0.656. The van der Waals surface area contributed by atoms with Crippen LogP contribution < -0.4 is 11.1 Å². The molecule has 0 fully saturated rings. The van der Waals surface area contributed by atoms with E-state index in [4.69, 9.17) is 15.4 Å². The van der Waals surface area contributed by atoms with Gasteiger partial charge < -0.3 is 20.7 Å². The lowest BCUT2D eigenvalue weighted by Crippen LogP contribution is -2.24. The summed E-state index contributed by atoms with van der Waals surface area (Å²) >= 11 is 0. The summed E-state index contributed by atoms with van der Waals surface area (Å²) in [6.07, 6.45) is 3.73. The molecule has 0 aromatic carbocycles. The zero-order valence-electron chi connectivity index (χ0n) is 11.4. The lowest BCUT2D eigenvalue weighted by atomic mass is 10.2. The SMILES string of the molecule is CCc1cnc(CNC(=O)c2ccc(/C(N)=N/O)cn2)o1. The number of hydrogen-bond acceptors (Lipinski definition) is 6. The fourth-order valence-electron chi connectivity index (χ4n) is 1.58. The van der Waals surface area contributed by atoms with Gasteiger partial charge in [-0.3, -0.25) is 9.78 Å². The van der Waals surface area contributed by atoms with Crippen molar-refractivity contribution in [2.45, 2.75) is 19.9 Å². The second kappa shape index (κ2) is 6.51. The summed E-state index contributed by atoms with van der Waals surface area (Å²) in [5.41, 5.74) is 6.05. The summed E-state index contributed by atoms with van der Waals surface area (Å²) in [5, 5.41) is 14.0. The second-order valence-electron chi connectivity index (χ2n) is 4.17. The van der Waals surface area contributed by atoms with E-state index in [1.807, 2.05) is 6.92 Å². The summed E-state index contributed by atoms with van der Waals surface area (Å²) in [7, 11) is 0. The molecule has 0 radical (unpaired) electrons. The maximum atomic E-state index is 11.9. The molecule has 8 heteroatoms. The van der Waals surface area contributed by atoms with Crippen LogP contribution in [0.2, 0.25) is 0 Å². The molecular weight excluding hydrogens is 274 g/mol. The van der Waals surface area contributed by atoms with Crippen molar-refractivity contribution >= 4 is 11.7 Å². The Morgan fingerprint density at radius 3 is 2.81 bits per heavy atom. The van der Waals surface area contributed by atoms with Crippen LogP contribution in [-0.4, -0.2) is 26.9 Å². The Kier molecular flexibility index (Phi) is 4.50. The van der Waals surface area contributed by atoms with E-state index in [0.29, 0.717) is 11.5 Å². The molecule has 0 aliphatic carbocycles. The highest BCUT2D eigenvalue weighted by Crippen LogP contribution is 2.05. The normalized spacial score (nSPS) is 11.4. The molecule has 0 aliphatic heterocycles. The van der Waals surface area contributed by atoms with Crippen molar-refractivity contribution in [3.8, 4) is 0 Å². The molecule has 110 valence electrons. The van der Waals surface area contributed by atoms with Gasteiger partial charge in [0, 0.05) is 18.2 Å². The number of amides is 1. The monoisotopic (exact) mass is 289 g/mol. The van der Waals surface area contributed by atoms with Crippen molar-refractivity contribution in [2.24, 2.45) is 10.9 Å². The molecule has 0 bridgehead atoms. The first kappa shape index (κ1) is 14.5. The van der Waals surface area contributed by atoms with Gasteiger partial charge >= 0.3 is 0 Å². The lowest BCUT2D eigenvalue weighted by Gasteiger charge is -2.03. The summed E-state index contributed by atoms with van der Waals surface area (Å²) in [4.78, 5) is 19.9. The van der Waals surface area contributed by atoms with Gasteiger partial charge in [0.1, 0.15) is 11.5 Å². The molecule has 2 aromatic heterocycles. The van der Waals surface area contributed by atoms with Crippen LogP contribution in [0.4, 0.5) is 0 Å². The number of rotatable bonds is 5. The standard InChI is InChI=1S/C13H15N5O3/c1-2-9-6-16-11(21-9)7-17-13(19)10-4-3-8(5-15-10)12(14)18-20/h3-6,20H,2,7H2,1H3,(H2,14,18)(H,17,19). The van der Waals surface area contributed by atoms with Gasteiger partial charge in [-0.2, -0.15) is 0 Å². The van der Waals surface area contributed by atoms with Crippen LogP contribution in [-0.2, 0) is 13.0 Å². The van der Waals surface area contributed by atoms with Crippen molar-refractivity contribution in [3.63, 3.8) is 0 Å². The van der Waals surface area contributed by atoms with Gasteiger partial charge in [0.2, 0.25) is 5.89 Å². The maximum absolute atomic E-state index is 11.9. The first-order valence-corrected chi connectivity index (χ1v) is 6.29. The molecule has 0 spiro atoms. The van der Waals surface area contributed by atoms with Crippen molar-refractivity contribution in [3.05, 3.63) is 47.4 Å². The van der Waals surface area contributed by atoms with Gasteiger partial charge in [0.15, 0.2) is 5.84 Å². The molecule has 0 aliphatic rings. The third-order valence-corrected chi connectivity index (χ3v) is 2.75. The number of aryl methyl sites for hydroxylation is 1. The molecular formula is C13H15N5O3. The molecule has 0 saturated carbocycles. The summed E-state index contributed by atoms with van der Waals surface area (Å²) in [6, 6.07) is 3.02. The number of carbonyl (C=O) groups is 1. The van der Waals surface area contributed by atoms with Crippen molar-refractivity contribution in [1.82, 2.24) is 15.3 Å². The van der Waals surface area contributed by atoms with Gasteiger partial charge in [-0.1, -0.05) is 12.1 Å². The zero-order chi connectivity index (χ0) is 15.2. The minimum atomic E-state index is -0.364. The second-order valence-corrected chi connectivity index (χ2v) is 4.17. The van der Waals surface area contributed by atoms with E-state index >= 15 is 0 Å². The van der Waals surface area contributed by atoms with Crippen LogP contribution in [0.1, 0.15) is 34.6 Å². The highest BCUT2D eigenvalue weighted by Gasteiger charge is 2.10. The predicted molar refractivity (Wildman–Crippen MR) is 73.8 cm³/mol. The number of nitrogens with zero attached hydrogens (tertiary/aromatic N) is 3. The van der Waals surface area contributed by atoms with Gasteiger partial charge in [-0.15, -0.1) is 0 Å². The Hall–Kier alpha value is -2.90. The van der Waals surface area contributed by atoms with E-state index in [-0.39, 0.29) is 24.0 Å². The smallest absolute Gasteiger partial charge is 0.270 e. The molecule has 2 rings (SSSR count). The molecule has 0 unspecified atom stereocenters.